The molecule has 6 nitrogen and oxygen atoms in total. The number of ether oxygens (including phenoxy) is 1. The third-order valence-electron chi connectivity index (χ3n) is 6.56. The van der Waals surface area contributed by atoms with Gasteiger partial charge >= 0.3 is 0 Å². The number of rotatable bonds is 4. The highest BCUT2D eigenvalue weighted by molar-refractivity contribution is 5.86. The summed E-state index contributed by atoms with van der Waals surface area (Å²) >= 11 is 0. The smallest absolute Gasteiger partial charge is 0.145 e. The summed E-state index contributed by atoms with van der Waals surface area (Å²) in [4.78, 5) is 6.55. The number of likely N-dealkylation sites (tertiary alicyclic amines) is 1. The Kier molecular flexibility index (Phi) is 8.17. The molecule has 5 rings (SSSR count). The molecule has 1 atom stereocenters. The lowest BCUT2D eigenvalue weighted by atomic mass is 9.96. The Morgan fingerprint density at radius 2 is 1.68 bits per heavy atom. The minimum atomic E-state index is -1.28. The van der Waals surface area contributed by atoms with Crippen LogP contribution in [0.2, 0.25) is 0 Å². The van der Waals surface area contributed by atoms with Crippen LogP contribution in [0.3, 0.4) is 0 Å². The number of hydrogen-bond donors (Lipinski definition) is 1. The highest BCUT2D eigenvalue weighted by Crippen LogP contribution is 2.39. The van der Waals surface area contributed by atoms with Crippen molar-refractivity contribution in [3.05, 3.63) is 77.8 Å². The van der Waals surface area contributed by atoms with Crippen LogP contribution in [0.1, 0.15) is 43.4 Å². The van der Waals surface area contributed by atoms with Crippen molar-refractivity contribution in [3.63, 3.8) is 0 Å². The summed E-state index contributed by atoms with van der Waals surface area (Å²) in [5, 5.41) is 18.8. The number of halogens is 2. The first kappa shape index (κ1) is 26.3. The summed E-state index contributed by atoms with van der Waals surface area (Å²) < 4.78 is 36.5. The summed E-state index contributed by atoms with van der Waals surface area (Å²) in [6, 6.07) is 13.1. The largest absolute Gasteiger partial charge is 0.494 e. The SMILES string of the molecule is CN1CCCCC1.COc1cc(-c2ccc(C#N)cc2)c(-c2cc(F)c(C(C)O)c(F)c2)n2cncc12. The maximum absolute atomic E-state index is 14.7. The molecule has 37 heavy (non-hydrogen) atoms. The molecule has 1 unspecified atom stereocenters. The van der Waals surface area contributed by atoms with Gasteiger partial charge < -0.3 is 14.7 Å². The van der Waals surface area contributed by atoms with Crippen molar-refractivity contribution in [2.24, 2.45) is 0 Å². The first-order chi connectivity index (χ1) is 17.8. The quantitative estimate of drug-likeness (QED) is 0.370. The van der Waals surface area contributed by atoms with E-state index in [0.29, 0.717) is 28.1 Å². The van der Waals surface area contributed by atoms with Crippen molar-refractivity contribution in [1.82, 2.24) is 14.3 Å². The first-order valence-electron chi connectivity index (χ1n) is 12.2. The Bertz CT molecular complexity index is 1400. The highest BCUT2D eigenvalue weighted by Gasteiger charge is 2.21. The number of fused-ring (bicyclic) bond motifs is 1. The van der Waals surface area contributed by atoms with E-state index in [0.717, 1.165) is 5.56 Å². The van der Waals surface area contributed by atoms with Crippen molar-refractivity contribution >= 4 is 5.52 Å². The van der Waals surface area contributed by atoms with Crippen LogP contribution in [0.5, 0.6) is 5.75 Å². The fourth-order valence-electron chi connectivity index (χ4n) is 4.63. The zero-order valence-electron chi connectivity index (χ0n) is 21.2. The molecule has 4 aromatic rings. The molecule has 2 aromatic heterocycles. The first-order valence-corrected chi connectivity index (χ1v) is 12.2. The van der Waals surface area contributed by atoms with Crippen molar-refractivity contribution in [3.8, 4) is 34.2 Å². The van der Waals surface area contributed by atoms with Gasteiger partial charge in [-0.2, -0.15) is 5.26 Å². The van der Waals surface area contributed by atoms with Crippen LogP contribution in [0, 0.1) is 23.0 Å². The fraction of sp³-hybridized carbons (Fsp3) is 0.310. The summed E-state index contributed by atoms with van der Waals surface area (Å²) in [6.45, 7) is 3.95. The second kappa shape index (κ2) is 11.5. The fourth-order valence-corrected chi connectivity index (χ4v) is 4.63. The van der Waals surface area contributed by atoms with E-state index in [1.54, 1.807) is 47.3 Å². The van der Waals surface area contributed by atoms with Crippen molar-refractivity contribution in [1.29, 1.82) is 5.26 Å². The van der Waals surface area contributed by atoms with Crippen LogP contribution in [-0.4, -0.2) is 46.6 Å². The molecule has 1 aliphatic heterocycles. The van der Waals surface area contributed by atoms with Gasteiger partial charge in [-0.3, -0.25) is 4.40 Å². The number of nitrogens with zero attached hydrogens (tertiary/aromatic N) is 4. The monoisotopic (exact) mass is 504 g/mol. The summed E-state index contributed by atoms with van der Waals surface area (Å²) in [6.07, 6.45) is 6.14. The third-order valence-corrected chi connectivity index (χ3v) is 6.56. The number of benzene rings is 2. The summed E-state index contributed by atoms with van der Waals surface area (Å²) in [5.74, 6) is -1.14. The molecule has 8 heteroatoms. The lowest BCUT2D eigenvalue weighted by Gasteiger charge is -2.20. The van der Waals surface area contributed by atoms with Gasteiger partial charge in [0.25, 0.3) is 0 Å². The number of methoxy groups -OCH3 is 1. The number of imidazole rings is 1. The van der Waals surface area contributed by atoms with E-state index < -0.39 is 17.7 Å². The Hall–Kier alpha value is -3.80. The molecule has 1 aliphatic rings. The lowest BCUT2D eigenvalue weighted by Crippen LogP contribution is -2.24. The summed E-state index contributed by atoms with van der Waals surface area (Å²) in [5.41, 5.74) is 2.90. The number of aliphatic hydroxyl groups excluding tert-OH is 1. The molecule has 0 aliphatic carbocycles. The molecular formula is C29H30F2N4O2. The molecule has 192 valence electrons. The number of nitriles is 1. The standard InChI is InChI=1S/C23H17F2N3O2.C6H13N/c1-13(29)22-18(24)7-16(8-19(22)25)23-17(15-5-3-14(10-26)4-6-15)9-21(30-2)20-11-27-12-28(20)23;1-7-5-3-2-4-6-7/h3-9,11-13,29H,1-2H3;2-6H2,1H3. The highest BCUT2D eigenvalue weighted by atomic mass is 19.1. The third kappa shape index (κ3) is 5.63. The number of aliphatic hydroxyl groups is 1. The van der Waals surface area contributed by atoms with Gasteiger partial charge in [0.05, 0.1) is 48.6 Å². The minimum absolute atomic E-state index is 0.277. The van der Waals surface area contributed by atoms with Crippen LogP contribution in [0.15, 0.2) is 55.0 Å². The van der Waals surface area contributed by atoms with Gasteiger partial charge in [-0.25, -0.2) is 13.8 Å². The van der Waals surface area contributed by atoms with E-state index in [4.69, 9.17) is 10.00 Å². The van der Waals surface area contributed by atoms with Gasteiger partial charge in [0.2, 0.25) is 0 Å². The molecule has 0 saturated carbocycles. The average Bonchev–Trinajstić information content (AvgIpc) is 3.38. The van der Waals surface area contributed by atoms with E-state index in [2.05, 4.69) is 23.0 Å². The zero-order chi connectivity index (χ0) is 26.5. The Morgan fingerprint density at radius 1 is 1.03 bits per heavy atom. The molecule has 3 heterocycles. The van der Waals surface area contributed by atoms with Crippen LogP contribution in [0.25, 0.3) is 27.9 Å². The predicted molar refractivity (Wildman–Crippen MR) is 139 cm³/mol. The van der Waals surface area contributed by atoms with Crippen molar-refractivity contribution in [2.45, 2.75) is 32.3 Å². The normalized spacial score (nSPS) is 14.5. The van der Waals surface area contributed by atoms with Gasteiger partial charge in [0.15, 0.2) is 0 Å². The number of hydrogen-bond acceptors (Lipinski definition) is 5. The van der Waals surface area contributed by atoms with E-state index in [9.17, 15) is 13.9 Å². The molecule has 0 radical (unpaired) electrons. The van der Waals surface area contributed by atoms with E-state index in [-0.39, 0.29) is 11.1 Å². The molecule has 1 saturated heterocycles. The molecule has 0 spiro atoms. The van der Waals surface area contributed by atoms with Crippen LogP contribution < -0.4 is 4.74 Å². The molecule has 1 fully saturated rings. The zero-order valence-corrected chi connectivity index (χ0v) is 21.2. The van der Waals surface area contributed by atoms with Gasteiger partial charge in [-0.05, 0) is 75.8 Å². The Labute approximate surface area is 215 Å². The van der Waals surface area contributed by atoms with Gasteiger partial charge in [-0.1, -0.05) is 18.6 Å². The van der Waals surface area contributed by atoms with Crippen molar-refractivity contribution in [2.75, 3.05) is 27.2 Å². The van der Waals surface area contributed by atoms with E-state index in [1.165, 1.54) is 58.5 Å². The Balaban J connectivity index is 0.000000396. The molecule has 2 aromatic carbocycles. The van der Waals surface area contributed by atoms with E-state index in [1.807, 2.05) is 0 Å². The van der Waals surface area contributed by atoms with Crippen LogP contribution in [0.4, 0.5) is 8.78 Å². The second-order valence-corrected chi connectivity index (χ2v) is 9.21. The molecule has 0 amide bonds. The number of pyridine rings is 1. The molecule has 0 bridgehead atoms. The topological polar surface area (TPSA) is 73.8 Å². The van der Waals surface area contributed by atoms with Gasteiger partial charge in [-0.15, -0.1) is 0 Å². The number of piperidine rings is 1. The van der Waals surface area contributed by atoms with Gasteiger partial charge in [0, 0.05) is 11.1 Å². The van der Waals surface area contributed by atoms with Crippen LogP contribution in [-0.2, 0) is 0 Å². The van der Waals surface area contributed by atoms with Gasteiger partial charge in [0.1, 0.15) is 22.9 Å². The van der Waals surface area contributed by atoms with Crippen molar-refractivity contribution < 1.29 is 18.6 Å². The van der Waals surface area contributed by atoms with E-state index >= 15 is 0 Å². The Morgan fingerprint density at radius 3 is 2.19 bits per heavy atom. The predicted octanol–water partition coefficient (Wildman–Crippen LogP) is 5.98. The molecule has 1 N–H and O–H groups in total. The maximum atomic E-state index is 14.7. The minimum Gasteiger partial charge on any atom is -0.494 e. The molecular weight excluding hydrogens is 474 g/mol. The summed E-state index contributed by atoms with van der Waals surface area (Å²) in [7, 11) is 3.72. The maximum Gasteiger partial charge on any atom is 0.145 e. The average molecular weight is 505 g/mol. The van der Waals surface area contributed by atoms with Crippen LogP contribution >= 0.6 is 0 Å². The second-order valence-electron chi connectivity index (χ2n) is 9.21. The number of aromatic nitrogens is 2. The lowest BCUT2D eigenvalue weighted by molar-refractivity contribution is 0.188.